The van der Waals surface area contributed by atoms with Crippen LogP contribution >= 0.6 is 0 Å². The molecule has 0 saturated carbocycles. The fourth-order valence-corrected chi connectivity index (χ4v) is 3.53. The van der Waals surface area contributed by atoms with Gasteiger partial charge in [0, 0.05) is 11.8 Å². The van der Waals surface area contributed by atoms with Gasteiger partial charge in [-0.1, -0.05) is 26.0 Å². The van der Waals surface area contributed by atoms with Crippen molar-refractivity contribution in [3.8, 4) is 0 Å². The highest BCUT2D eigenvalue weighted by atomic mass is 32.2. The number of amides is 1. The molecular formula is C22H25F4N3O3S. The molecular weight excluding hydrogens is 462 g/mol. The second kappa shape index (κ2) is 10.3. The van der Waals surface area contributed by atoms with E-state index in [-0.39, 0.29) is 17.3 Å². The Bertz CT molecular complexity index is 1150. The number of anilines is 1. The van der Waals surface area contributed by atoms with Crippen LogP contribution in [-0.2, 0) is 27.4 Å². The Kier molecular flexibility index (Phi) is 8.23. The number of sulfonamides is 1. The summed E-state index contributed by atoms with van der Waals surface area (Å²) >= 11 is 0. The molecule has 0 aliphatic heterocycles. The fourth-order valence-electron chi connectivity index (χ4n) is 2.97. The van der Waals surface area contributed by atoms with Crippen LogP contribution in [0, 0.1) is 11.7 Å². The number of carbonyl (C=O) groups is 1. The largest absolute Gasteiger partial charge is 0.433 e. The van der Waals surface area contributed by atoms with Crippen molar-refractivity contribution in [2.45, 2.75) is 39.4 Å². The van der Waals surface area contributed by atoms with E-state index in [1.54, 1.807) is 6.92 Å². The number of nitrogens with zero attached hydrogens (tertiary/aromatic N) is 1. The molecule has 1 atom stereocenters. The van der Waals surface area contributed by atoms with Gasteiger partial charge in [-0.05, 0) is 54.7 Å². The van der Waals surface area contributed by atoms with Crippen molar-refractivity contribution in [2.24, 2.45) is 5.92 Å². The molecule has 2 aromatic rings. The summed E-state index contributed by atoms with van der Waals surface area (Å²) in [6.45, 7) is 5.30. The number of aromatic nitrogens is 1. The predicted octanol–water partition coefficient (Wildman–Crippen LogP) is 4.70. The molecule has 6 nitrogen and oxygen atoms in total. The minimum Gasteiger partial charge on any atom is -0.346 e. The third-order valence-electron chi connectivity index (χ3n) is 4.46. The van der Waals surface area contributed by atoms with Gasteiger partial charge in [0.05, 0.1) is 18.0 Å². The van der Waals surface area contributed by atoms with E-state index in [0.29, 0.717) is 17.5 Å². The zero-order valence-corrected chi connectivity index (χ0v) is 19.3. The standard InChI is InChI=1S/C22H25F4N3O3S/c1-13(2)11-19-15(6-9-20(28-19)22(24,25)26)7-10-21(30)27-14(3)16-5-8-18(17(23)12-16)29-33(4,31)32/h5-10,12-14,29H,11H2,1-4H3,(H,27,30)/b10-7-. The summed E-state index contributed by atoms with van der Waals surface area (Å²) in [5.41, 5.74) is -0.198. The average Bonchev–Trinajstić information content (AvgIpc) is 2.66. The van der Waals surface area contributed by atoms with Crippen LogP contribution in [-0.4, -0.2) is 25.6 Å². The summed E-state index contributed by atoms with van der Waals surface area (Å²) in [5, 5.41) is 2.63. The number of nitrogens with one attached hydrogen (secondary N) is 2. The van der Waals surface area contributed by atoms with Gasteiger partial charge in [-0.15, -0.1) is 0 Å². The van der Waals surface area contributed by atoms with E-state index in [4.69, 9.17) is 0 Å². The molecule has 1 amide bonds. The molecule has 0 aliphatic carbocycles. The molecule has 0 saturated heterocycles. The first kappa shape index (κ1) is 26.3. The Morgan fingerprint density at radius 1 is 1.15 bits per heavy atom. The number of halogens is 4. The van der Waals surface area contributed by atoms with Gasteiger partial charge >= 0.3 is 6.18 Å². The molecule has 0 bridgehead atoms. The van der Waals surface area contributed by atoms with Crippen molar-refractivity contribution in [1.29, 1.82) is 0 Å². The molecule has 0 radical (unpaired) electrons. The molecule has 1 aromatic carbocycles. The van der Waals surface area contributed by atoms with Crippen molar-refractivity contribution in [3.05, 3.63) is 64.7 Å². The molecule has 0 spiro atoms. The first-order chi connectivity index (χ1) is 15.2. The quantitative estimate of drug-likeness (QED) is 0.417. The van der Waals surface area contributed by atoms with Crippen LogP contribution in [0.15, 0.2) is 36.4 Å². The van der Waals surface area contributed by atoms with E-state index < -0.39 is 39.7 Å². The van der Waals surface area contributed by atoms with Gasteiger partial charge in [0.1, 0.15) is 11.5 Å². The van der Waals surface area contributed by atoms with Crippen LogP contribution in [0.25, 0.3) is 6.08 Å². The summed E-state index contributed by atoms with van der Waals surface area (Å²) in [7, 11) is -3.64. The number of carbonyl (C=O) groups excluding carboxylic acids is 1. The zero-order valence-electron chi connectivity index (χ0n) is 18.5. The Labute approximate surface area is 190 Å². The van der Waals surface area contributed by atoms with Gasteiger partial charge < -0.3 is 5.32 Å². The molecule has 0 fully saturated rings. The van der Waals surface area contributed by atoms with Crippen molar-refractivity contribution in [2.75, 3.05) is 11.0 Å². The zero-order chi connectivity index (χ0) is 25.0. The summed E-state index contributed by atoms with van der Waals surface area (Å²) in [4.78, 5) is 16.0. The maximum atomic E-state index is 14.2. The number of pyridine rings is 1. The smallest absolute Gasteiger partial charge is 0.346 e. The number of alkyl halides is 3. The van der Waals surface area contributed by atoms with Crippen molar-refractivity contribution >= 4 is 27.7 Å². The molecule has 1 aromatic heterocycles. The van der Waals surface area contributed by atoms with E-state index in [1.807, 2.05) is 18.6 Å². The molecule has 11 heteroatoms. The lowest BCUT2D eigenvalue weighted by molar-refractivity contribution is -0.141. The van der Waals surface area contributed by atoms with Gasteiger partial charge in [-0.3, -0.25) is 9.52 Å². The topological polar surface area (TPSA) is 88.2 Å². The van der Waals surface area contributed by atoms with Gasteiger partial charge in [-0.2, -0.15) is 13.2 Å². The molecule has 0 aliphatic rings. The number of rotatable bonds is 8. The van der Waals surface area contributed by atoms with Gasteiger partial charge in [0.15, 0.2) is 0 Å². The molecule has 1 heterocycles. The highest BCUT2D eigenvalue weighted by molar-refractivity contribution is 7.92. The monoisotopic (exact) mass is 487 g/mol. The second-order valence-corrected chi connectivity index (χ2v) is 9.75. The Morgan fingerprint density at radius 3 is 2.36 bits per heavy atom. The maximum Gasteiger partial charge on any atom is 0.433 e. The lowest BCUT2D eigenvalue weighted by Crippen LogP contribution is -2.24. The van der Waals surface area contributed by atoms with Crippen molar-refractivity contribution in [3.63, 3.8) is 0 Å². The SMILES string of the molecule is CC(C)Cc1nc(C(F)(F)F)ccc1/C=C\C(=O)NC(C)c1ccc(NS(C)(=O)=O)c(F)c1. The maximum absolute atomic E-state index is 14.2. The molecule has 180 valence electrons. The second-order valence-electron chi connectivity index (χ2n) is 8.01. The van der Waals surface area contributed by atoms with Crippen molar-refractivity contribution in [1.82, 2.24) is 10.3 Å². The predicted molar refractivity (Wildman–Crippen MR) is 118 cm³/mol. The fraction of sp³-hybridized carbons (Fsp3) is 0.364. The Morgan fingerprint density at radius 2 is 1.82 bits per heavy atom. The highest BCUT2D eigenvalue weighted by Gasteiger charge is 2.32. The lowest BCUT2D eigenvalue weighted by Gasteiger charge is -2.15. The normalized spacial score (nSPS) is 13.4. The highest BCUT2D eigenvalue weighted by Crippen LogP contribution is 2.29. The minimum atomic E-state index is -4.57. The number of hydrogen-bond donors (Lipinski definition) is 2. The van der Waals surface area contributed by atoms with Gasteiger partial charge in [0.2, 0.25) is 15.9 Å². The summed E-state index contributed by atoms with van der Waals surface area (Å²) in [6, 6.07) is 5.32. The van der Waals surface area contributed by atoms with Crippen LogP contribution in [0.4, 0.5) is 23.2 Å². The summed E-state index contributed by atoms with van der Waals surface area (Å²) in [5.74, 6) is -1.29. The molecule has 2 rings (SSSR count). The summed E-state index contributed by atoms with van der Waals surface area (Å²) < 4.78 is 77.7. The number of benzene rings is 1. The number of hydrogen-bond acceptors (Lipinski definition) is 4. The Balaban J connectivity index is 2.15. The lowest BCUT2D eigenvalue weighted by atomic mass is 10.0. The Hall–Kier alpha value is -2.95. The minimum absolute atomic E-state index is 0.0528. The van der Waals surface area contributed by atoms with Crippen LogP contribution in [0.5, 0.6) is 0 Å². The molecule has 1 unspecified atom stereocenters. The van der Waals surface area contributed by atoms with E-state index in [0.717, 1.165) is 18.4 Å². The molecule has 33 heavy (non-hydrogen) atoms. The van der Waals surface area contributed by atoms with Crippen LogP contribution in [0.3, 0.4) is 0 Å². The first-order valence-electron chi connectivity index (χ1n) is 9.98. The average molecular weight is 488 g/mol. The van der Waals surface area contributed by atoms with E-state index >= 15 is 0 Å². The van der Waals surface area contributed by atoms with E-state index in [9.17, 15) is 30.8 Å². The molecule has 2 N–H and O–H groups in total. The van der Waals surface area contributed by atoms with E-state index in [1.165, 1.54) is 30.4 Å². The van der Waals surface area contributed by atoms with Crippen LogP contribution < -0.4 is 10.0 Å². The van der Waals surface area contributed by atoms with E-state index in [2.05, 4.69) is 10.3 Å². The first-order valence-corrected chi connectivity index (χ1v) is 11.9. The van der Waals surface area contributed by atoms with Gasteiger partial charge in [-0.25, -0.2) is 17.8 Å². The van der Waals surface area contributed by atoms with Crippen molar-refractivity contribution < 1.29 is 30.8 Å². The van der Waals surface area contributed by atoms with Crippen LogP contribution in [0.2, 0.25) is 0 Å². The van der Waals surface area contributed by atoms with Crippen LogP contribution in [0.1, 0.15) is 49.3 Å². The third-order valence-corrected chi connectivity index (χ3v) is 5.05. The van der Waals surface area contributed by atoms with Gasteiger partial charge in [0.25, 0.3) is 0 Å². The summed E-state index contributed by atoms with van der Waals surface area (Å²) in [6.07, 6.45) is -0.821. The third kappa shape index (κ3) is 8.16.